The molecular formula is C14H22IN3S. The van der Waals surface area contributed by atoms with Crippen LogP contribution in [0.5, 0.6) is 0 Å². The van der Waals surface area contributed by atoms with E-state index in [1.807, 2.05) is 18.8 Å². The fourth-order valence-corrected chi connectivity index (χ4v) is 4.26. The largest absolute Gasteiger partial charge is 0.372 e. The van der Waals surface area contributed by atoms with Gasteiger partial charge in [0.25, 0.3) is 0 Å². The van der Waals surface area contributed by atoms with Crippen molar-refractivity contribution in [2.24, 2.45) is 5.92 Å². The lowest BCUT2D eigenvalue weighted by molar-refractivity contribution is 0.617. The summed E-state index contributed by atoms with van der Waals surface area (Å²) in [7, 11) is 1.95. The second kappa shape index (κ2) is 7.11. The molecule has 1 aliphatic heterocycles. The zero-order valence-corrected chi connectivity index (χ0v) is 14.8. The molecule has 0 aromatic carbocycles. The zero-order chi connectivity index (χ0) is 13.8. The van der Waals surface area contributed by atoms with Gasteiger partial charge in [-0.3, -0.25) is 0 Å². The molecule has 0 spiro atoms. The van der Waals surface area contributed by atoms with E-state index in [1.165, 1.54) is 34.3 Å². The van der Waals surface area contributed by atoms with E-state index in [0.717, 1.165) is 18.1 Å². The van der Waals surface area contributed by atoms with Gasteiger partial charge in [-0.25, -0.2) is 9.97 Å². The van der Waals surface area contributed by atoms with Crippen LogP contribution in [-0.4, -0.2) is 22.8 Å². The van der Waals surface area contributed by atoms with Crippen LogP contribution in [0.4, 0.5) is 5.82 Å². The Morgan fingerprint density at radius 1 is 1.37 bits per heavy atom. The molecule has 1 aliphatic rings. The smallest absolute Gasteiger partial charge is 0.144 e. The summed E-state index contributed by atoms with van der Waals surface area (Å²) in [6, 6.07) is 0. The molecule has 3 nitrogen and oxygen atoms in total. The lowest BCUT2D eigenvalue weighted by Crippen LogP contribution is -2.13. The molecule has 0 saturated carbocycles. The number of nitrogens with zero attached hydrogens (tertiary/aromatic N) is 2. The van der Waals surface area contributed by atoms with Crippen molar-refractivity contribution < 1.29 is 0 Å². The molecule has 1 aromatic heterocycles. The van der Waals surface area contributed by atoms with Gasteiger partial charge in [0.2, 0.25) is 0 Å². The van der Waals surface area contributed by atoms with Gasteiger partial charge in [-0.2, -0.15) is 11.8 Å². The van der Waals surface area contributed by atoms with Gasteiger partial charge in [-0.15, -0.1) is 0 Å². The maximum Gasteiger partial charge on any atom is 0.144 e. The van der Waals surface area contributed by atoms with Crippen LogP contribution in [0.15, 0.2) is 0 Å². The van der Waals surface area contributed by atoms with Crippen molar-refractivity contribution >= 4 is 40.2 Å². The quantitative estimate of drug-likeness (QED) is 0.778. The molecule has 0 bridgehead atoms. The molecule has 5 heteroatoms. The van der Waals surface area contributed by atoms with E-state index in [4.69, 9.17) is 9.97 Å². The Morgan fingerprint density at radius 3 is 2.74 bits per heavy atom. The average Bonchev–Trinajstić information content (AvgIpc) is 2.41. The Hall–Kier alpha value is -0.0400. The van der Waals surface area contributed by atoms with E-state index in [9.17, 15) is 0 Å². The molecule has 1 saturated heterocycles. The van der Waals surface area contributed by atoms with E-state index in [-0.39, 0.29) is 0 Å². The van der Waals surface area contributed by atoms with Gasteiger partial charge >= 0.3 is 0 Å². The van der Waals surface area contributed by atoms with Crippen molar-refractivity contribution in [2.45, 2.75) is 44.8 Å². The van der Waals surface area contributed by atoms with Crippen LogP contribution in [0, 0.1) is 9.49 Å². The predicted molar refractivity (Wildman–Crippen MR) is 91.9 cm³/mol. The van der Waals surface area contributed by atoms with Gasteiger partial charge in [-0.05, 0) is 53.5 Å². The summed E-state index contributed by atoms with van der Waals surface area (Å²) in [5.41, 5.74) is 1.20. The number of hydrogen-bond donors (Lipinski definition) is 1. The molecule has 1 atom stereocenters. The van der Waals surface area contributed by atoms with Crippen LogP contribution >= 0.6 is 34.4 Å². The first-order chi connectivity index (χ1) is 9.11. The Bertz CT molecular complexity index is 431. The maximum absolute atomic E-state index is 4.87. The fourth-order valence-electron chi connectivity index (χ4n) is 2.29. The van der Waals surface area contributed by atoms with Gasteiger partial charge in [0, 0.05) is 7.05 Å². The highest BCUT2D eigenvalue weighted by Crippen LogP contribution is 2.37. The van der Waals surface area contributed by atoms with E-state index in [1.54, 1.807) is 0 Å². The SMILES string of the molecule is CNc1nc(C2CCCCS2)nc(CC(C)C)c1I. The maximum atomic E-state index is 4.87. The molecule has 106 valence electrons. The second-order valence-corrected chi connectivity index (χ2v) is 7.78. The first-order valence-corrected chi connectivity index (χ1v) is 9.10. The topological polar surface area (TPSA) is 37.8 Å². The standard InChI is InChI=1S/C14H22IN3S/c1-9(2)8-10-12(15)14(16-3)18-13(17-10)11-6-4-5-7-19-11/h9,11H,4-8H2,1-3H3,(H,16,17,18). The average molecular weight is 391 g/mol. The summed E-state index contributed by atoms with van der Waals surface area (Å²) in [5, 5.41) is 3.71. The van der Waals surface area contributed by atoms with Gasteiger partial charge in [0.15, 0.2) is 0 Å². The number of aromatic nitrogens is 2. The third kappa shape index (κ3) is 3.97. The number of nitrogens with one attached hydrogen (secondary N) is 1. The zero-order valence-electron chi connectivity index (χ0n) is 11.9. The van der Waals surface area contributed by atoms with Gasteiger partial charge in [0.1, 0.15) is 11.6 Å². The number of anilines is 1. The fraction of sp³-hybridized carbons (Fsp3) is 0.714. The molecule has 0 aliphatic carbocycles. The monoisotopic (exact) mass is 391 g/mol. The van der Waals surface area contributed by atoms with Crippen LogP contribution in [-0.2, 0) is 6.42 Å². The Balaban J connectivity index is 2.32. The Labute approximate surface area is 133 Å². The predicted octanol–water partition coefficient (Wildman–Crippen LogP) is 4.28. The lowest BCUT2D eigenvalue weighted by atomic mass is 10.1. The van der Waals surface area contributed by atoms with Crippen LogP contribution in [0.3, 0.4) is 0 Å². The molecule has 1 N–H and O–H groups in total. The number of thioether (sulfide) groups is 1. The first-order valence-electron chi connectivity index (χ1n) is 6.97. The summed E-state index contributed by atoms with van der Waals surface area (Å²) in [4.78, 5) is 9.60. The molecule has 1 unspecified atom stereocenters. The van der Waals surface area contributed by atoms with Crippen LogP contribution in [0.1, 0.15) is 49.9 Å². The van der Waals surface area contributed by atoms with Crippen molar-refractivity contribution in [1.29, 1.82) is 0 Å². The van der Waals surface area contributed by atoms with Crippen molar-refractivity contribution in [3.63, 3.8) is 0 Å². The van der Waals surface area contributed by atoms with E-state index in [2.05, 4.69) is 41.8 Å². The highest BCUT2D eigenvalue weighted by molar-refractivity contribution is 14.1. The minimum Gasteiger partial charge on any atom is -0.372 e. The third-order valence-electron chi connectivity index (χ3n) is 3.24. The number of halogens is 1. The summed E-state index contributed by atoms with van der Waals surface area (Å²) in [5.74, 6) is 3.89. The highest BCUT2D eigenvalue weighted by Gasteiger charge is 2.21. The summed E-state index contributed by atoms with van der Waals surface area (Å²) in [6.45, 7) is 4.48. The molecule has 0 radical (unpaired) electrons. The Kier molecular flexibility index (Phi) is 5.74. The Morgan fingerprint density at radius 2 is 2.16 bits per heavy atom. The normalized spacial score (nSPS) is 19.7. The lowest BCUT2D eigenvalue weighted by Gasteiger charge is -2.22. The van der Waals surface area contributed by atoms with Crippen LogP contribution < -0.4 is 5.32 Å². The van der Waals surface area contributed by atoms with E-state index >= 15 is 0 Å². The van der Waals surface area contributed by atoms with Crippen molar-refractivity contribution in [3.05, 3.63) is 15.1 Å². The highest BCUT2D eigenvalue weighted by atomic mass is 127. The van der Waals surface area contributed by atoms with Crippen molar-refractivity contribution in [2.75, 3.05) is 18.1 Å². The van der Waals surface area contributed by atoms with Gasteiger partial charge < -0.3 is 5.32 Å². The molecule has 1 fully saturated rings. The minimum atomic E-state index is 0.490. The number of rotatable bonds is 4. The molecular weight excluding hydrogens is 369 g/mol. The minimum absolute atomic E-state index is 0.490. The van der Waals surface area contributed by atoms with E-state index in [0.29, 0.717) is 11.2 Å². The van der Waals surface area contributed by atoms with Crippen molar-refractivity contribution in [3.8, 4) is 0 Å². The molecule has 2 rings (SSSR count). The summed E-state index contributed by atoms with van der Waals surface area (Å²) >= 11 is 4.38. The van der Waals surface area contributed by atoms with Gasteiger partial charge in [0.05, 0.1) is 14.5 Å². The molecule has 0 amide bonds. The molecule has 1 aromatic rings. The van der Waals surface area contributed by atoms with Gasteiger partial charge in [-0.1, -0.05) is 20.3 Å². The summed E-state index contributed by atoms with van der Waals surface area (Å²) < 4.78 is 1.18. The molecule has 19 heavy (non-hydrogen) atoms. The van der Waals surface area contributed by atoms with E-state index < -0.39 is 0 Å². The van der Waals surface area contributed by atoms with Crippen LogP contribution in [0.2, 0.25) is 0 Å². The van der Waals surface area contributed by atoms with Crippen LogP contribution in [0.25, 0.3) is 0 Å². The number of hydrogen-bond acceptors (Lipinski definition) is 4. The second-order valence-electron chi connectivity index (χ2n) is 5.39. The third-order valence-corrected chi connectivity index (χ3v) is 5.75. The molecule has 2 heterocycles. The first kappa shape index (κ1) is 15.4. The van der Waals surface area contributed by atoms with Crippen molar-refractivity contribution in [1.82, 2.24) is 9.97 Å². The summed E-state index contributed by atoms with van der Waals surface area (Å²) in [6.07, 6.45) is 4.89.